The molecular weight excluding hydrogens is 363 g/mol. The molecule has 4 nitrogen and oxygen atoms in total. The molecule has 0 saturated carbocycles. The second-order valence-electron chi connectivity index (χ2n) is 5.97. The van der Waals surface area contributed by atoms with Crippen LogP contribution in [-0.2, 0) is 4.79 Å². The first-order chi connectivity index (χ1) is 13.1. The largest absolute Gasteiger partial charge is 0.490 e. The maximum atomic E-state index is 12.9. The molecule has 27 heavy (non-hydrogen) atoms. The molecule has 2 aromatic rings. The molecule has 0 aliphatic rings. The Morgan fingerprint density at radius 1 is 1.11 bits per heavy atom. The number of thioether (sulfide) groups is 1. The number of carbonyl (C=O) groups is 1. The first kappa shape index (κ1) is 21.3. The van der Waals surface area contributed by atoms with Gasteiger partial charge in [-0.3, -0.25) is 4.79 Å². The number of nitrogens with zero attached hydrogens (tertiary/aromatic N) is 1. The summed E-state index contributed by atoms with van der Waals surface area (Å²) >= 11 is 1.53. The zero-order chi connectivity index (χ0) is 19.5. The minimum absolute atomic E-state index is 0.0654. The molecular formula is C21H27FN2O2S. The molecule has 1 amide bonds. The zero-order valence-electron chi connectivity index (χ0n) is 15.9. The summed E-state index contributed by atoms with van der Waals surface area (Å²) < 4.78 is 18.8. The lowest BCUT2D eigenvalue weighted by Gasteiger charge is -2.19. The predicted molar refractivity (Wildman–Crippen MR) is 110 cm³/mol. The molecule has 0 heterocycles. The lowest BCUT2D eigenvalue weighted by molar-refractivity contribution is -0.115. The monoisotopic (exact) mass is 390 g/mol. The number of benzene rings is 2. The van der Waals surface area contributed by atoms with Gasteiger partial charge in [-0.1, -0.05) is 26.0 Å². The van der Waals surface area contributed by atoms with Gasteiger partial charge in [0, 0.05) is 23.6 Å². The minimum atomic E-state index is -0.255. The molecule has 0 unspecified atom stereocenters. The van der Waals surface area contributed by atoms with Gasteiger partial charge >= 0.3 is 0 Å². The molecule has 146 valence electrons. The third-order valence-electron chi connectivity index (χ3n) is 4.13. The van der Waals surface area contributed by atoms with Crippen molar-refractivity contribution in [3.63, 3.8) is 0 Å². The quantitative estimate of drug-likeness (QED) is 0.566. The standard InChI is InChI=1S/C21H27FN2O2S/c1-3-24(4-2)14-15-26-20-8-6-5-7-19(20)23-21(25)13-16-27-18-11-9-17(22)10-12-18/h5-12H,3-4,13-16H2,1-2H3,(H,23,25). The van der Waals surface area contributed by atoms with E-state index in [1.54, 1.807) is 12.1 Å². The van der Waals surface area contributed by atoms with Crippen LogP contribution in [0.2, 0.25) is 0 Å². The molecule has 1 N–H and O–H groups in total. The molecule has 6 heteroatoms. The van der Waals surface area contributed by atoms with Gasteiger partial charge in [0.1, 0.15) is 18.2 Å². The van der Waals surface area contributed by atoms with E-state index in [-0.39, 0.29) is 11.7 Å². The van der Waals surface area contributed by atoms with E-state index in [9.17, 15) is 9.18 Å². The van der Waals surface area contributed by atoms with Crippen LogP contribution in [-0.4, -0.2) is 42.8 Å². The van der Waals surface area contributed by atoms with E-state index in [0.717, 1.165) is 24.5 Å². The van der Waals surface area contributed by atoms with Crippen molar-refractivity contribution in [1.29, 1.82) is 0 Å². The highest BCUT2D eigenvalue weighted by atomic mass is 32.2. The van der Waals surface area contributed by atoms with Crippen molar-refractivity contribution in [3.05, 3.63) is 54.3 Å². The van der Waals surface area contributed by atoms with Gasteiger partial charge in [0.05, 0.1) is 5.69 Å². The maximum absolute atomic E-state index is 12.9. The summed E-state index contributed by atoms with van der Waals surface area (Å²) in [5, 5.41) is 2.92. The summed E-state index contributed by atoms with van der Waals surface area (Å²) in [6, 6.07) is 13.8. The van der Waals surface area contributed by atoms with Gasteiger partial charge in [-0.15, -0.1) is 11.8 Å². The molecule has 0 aliphatic carbocycles. The molecule has 0 atom stereocenters. The van der Waals surface area contributed by atoms with Crippen molar-refractivity contribution in [1.82, 2.24) is 4.90 Å². The number of hydrogen-bond donors (Lipinski definition) is 1. The van der Waals surface area contributed by atoms with Crippen molar-refractivity contribution in [2.45, 2.75) is 25.2 Å². The Bertz CT molecular complexity index is 706. The Labute approximate surface area is 165 Å². The molecule has 2 aromatic carbocycles. The van der Waals surface area contributed by atoms with Crippen molar-refractivity contribution in [2.24, 2.45) is 0 Å². The number of ether oxygens (including phenoxy) is 1. The Morgan fingerprint density at radius 2 is 1.81 bits per heavy atom. The number of para-hydroxylation sites is 2. The first-order valence-electron chi connectivity index (χ1n) is 9.24. The summed E-state index contributed by atoms with van der Waals surface area (Å²) in [5.41, 5.74) is 0.689. The number of nitrogens with one attached hydrogen (secondary N) is 1. The summed E-state index contributed by atoms with van der Waals surface area (Å²) in [4.78, 5) is 15.5. The van der Waals surface area contributed by atoms with E-state index < -0.39 is 0 Å². The number of halogens is 1. The van der Waals surface area contributed by atoms with Crippen LogP contribution in [0.1, 0.15) is 20.3 Å². The summed E-state index contributed by atoms with van der Waals surface area (Å²) in [6.07, 6.45) is 0.371. The fraction of sp³-hybridized carbons (Fsp3) is 0.381. The van der Waals surface area contributed by atoms with Crippen LogP contribution in [0.3, 0.4) is 0 Å². The average Bonchev–Trinajstić information content (AvgIpc) is 2.68. The Kier molecular flexibility index (Phi) is 9.15. The second kappa shape index (κ2) is 11.6. The molecule has 0 fully saturated rings. The number of likely N-dealkylation sites (N-methyl/N-ethyl adjacent to an activating group) is 1. The molecule has 0 aliphatic heterocycles. The second-order valence-corrected chi connectivity index (χ2v) is 7.14. The van der Waals surface area contributed by atoms with Crippen LogP contribution < -0.4 is 10.1 Å². The van der Waals surface area contributed by atoms with Gasteiger partial charge in [0.2, 0.25) is 5.91 Å². The average molecular weight is 391 g/mol. The Hall–Kier alpha value is -2.05. The van der Waals surface area contributed by atoms with E-state index in [1.807, 2.05) is 24.3 Å². The van der Waals surface area contributed by atoms with Crippen LogP contribution in [0.15, 0.2) is 53.4 Å². The number of carbonyl (C=O) groups excluding carboxylic acids is 1. The predicted octanol–water partition coefficient (Wildman–Crippen LogP) is 4.67. The van der Waals surface area contributed by atoms with Crippen LogP contribution in [0.25, 0.3) is 0 Å². The van der Waals surface area contributed by atoms with Crippen LogP contribution in [0.4, 0.5) is 10.1 Å². The fourth-order valence-corrected chi connectivity index (χ4v) is 3.38. The fourth-order valence-electron chi connectivity index (χ4n) is 2.53. The lowest BCUT2D eigenvalue weighted by Crippen LogP contribution is -2.28. The van der Waals surface area contributed by atoms with E-state index in [1.165, 1.54) is 23.9 Å². The minimum Gasteiger partial charge on any atom is -0.490 e. The molecule has 0 saturated heterocycles. The van der Waals surface area contributed by atoms with Crippen molar-refractivity contribution < 1.29 is 13.9 Å². The third kappa shape index (κ3) is 7.61. The van der Waals surface area contributed by atoms with Crippen molar-refractivity contribution in [2.75, 3.05) is 37.3 Å². The number of anilines is 1. The number of amides is 1. The van der Waals surface area contributed by atoms with Crippen LogP contribution in [0.5, 0.6) is 5.75 Å². The van der Waals surface area contributed by atoms with Crippen LogP contribution in [0, 0.1) is 5.82 Å². The van der Waals surface area contributed by atoms with E-state index in [0.29, 0.717) is 30.2 Å². The summed E-state index contributed by atoms with van der Waals surface area (Å²) in [6.45, 7) is 7.66. The van der Waals surface area contributed by atoms with E-state index >= 15 is 0 Å². The molecule has 0 radical (unpaired) electrons. The van der Waals surface area contributed by atoms with Crippen molar-refractivity contribution >= 4 is 23.4 Å². The molecule has 0 aromatic heterocycles. The highest BCUT2D eigenvalue weighted by molar-refractivity contribution is 7.99. The van der Waals surface area contributed by atoms with Gasteiger partial charge in [0.25, 0.3) is 0 Å². The maximum Gasteiger partial charge on any atom is 0.225 e. The Morgan fingerprint density at radius 3 is 2.52 bits per heavy atom. The number of hydrogen-bond acceptors (Lipinski definition) is 4. The third-order valence-corrected chi connectivity index (χ3v) is 5.15. The highest BCUT2D eigenvalue weighted by Gasteiger charge is 2.08. The van der Waals surface area contributed by atoms with Crippen molar-refractivity contribution in [3.8, 4) is 5.75 Å². The number of rotatable bonds is 11. The van der Waals surface area contributed by atoms with Gasteiger partial charge < -0.3 is 15.0 Å². The zero-order valence-corrected chi connectivity index (χ0v) is 16.7. The summed E-state index contributed by atoms with van der Waals surface area (Å²) in [7, 11) is 0. The molecule has 2 rings (SSSR count). The van der Waals surface area contributed by atoms with Gasteiger partial charge in [-0.2, -0.15) is 0 Å². The summed E-state index contributed by atoms with van der Waals surface area (Å²) in [5.74, 6) is 0.992. The van der Waals surface area contributed by atoms with Gasteiger partial charge in [0.15, 0.2) is 0 Å². The smallest absolute Gasteiger partial charge is 0.225 e. The SMILES string of the molecule is CCN(CC)CCOc1ccccc1NC(=O)CCSc1ccc(F)cc1. The molecule has 0 bridgehead atoms. The van der Waals surface area contributed by atoms with Crippen LogP contribution >= 0.6 is 11.8 Å². The van der Waals surface area contributed by atoms with Gasteiger partial charge in [-0.25, -0.2) is 4.39 Å². The Balaban J connectivity index is 1.79. The normalized spacial score (nSPS) is 10.8. The topological polar surface area (TPSA) is 41.6 Å². The molecule has 0 spiro atoms. The van der Waals surface area contributed by atoms with E-state index in [2.05, 4.69) is 24.1 Å². The van der Waals surface area contributed by atoms with E-state index in [4.69, 9.17) is 4.74 Å². The highest BCUT2D eigenvalue weighted by Crippen LogP contribution is 2.24. The first-order valence-corrected chi connectivity index (χ1v) is 10.2. The van der Waals surface area contributed by atoms with Gasteiger partial charge in [-0.05, 0) is 49.5 Å². The lowest BCUT2D eigenvalue weighted by atomic mass is 10.3.